The highest BCUT2D eigenvalue weighted by molar-refractivity contribution is 9.10. The lowest BCUT2D eigenvalue weighted by molar-refractivity contribution is 0.234. The molecule has 82 valence electrons. The summed E-state index contributed by atoms with van der Waals surface area (Å²) in [7, 11) is 2.18. The van der Waals surface area contributed by atoms with Crippen molar-refractivity contribution in [3.8, 4) is 0 Å². The van der Waals surface area contributed by atoms with E-state index in [2.05, 4.69) is 50.8 Å². The van der Waals surface area contributed by atoms with E-state index in [1.54, 1.807) is 0 Å². The molecular weight excluding hydrogens is 254 g/mol. The Morgan fingerprint density at radius 3 is 2.80 bits per heavy atom. The predicted molar refractivity (Wildman–Crippen MR) is 66.2 cm³/mol. The summed E-state index contributed by atoms with van der Waals surface area (Å²) in [5, 5.41) is 0. The Labute approximate surface area is 99.2 Å². The monoisotopic (exact) mass is 269 g/mol. The maximum absolute atomic E-state index is 4.26. The molecule has 0 aromatic carbocycles. The molecule has 0 aliphatic carbocycles. The third kappa shape index (κ3) is 2.49. The second-order valence-electron chi connectivity index (χ2n) is 4.11. The van der Waals surface area contributed by atoms with Gasteiger partial charge in [-0.1, -0.05) is 0 Å². The van der Waals surface area contributed by atoms with Gasteiger partial charge >= 0.3 is 0 Å². The summed E-state index contributed by atoms with van der Waals surface area (Å²) < 4.78 is 0.897. The van der Waals surface area contributed by atoms with E-state index < -0.39 is 0 Å². The normalized spacial score (nSPS) is 23.1. The SMILES string of the molecule is C[C@H]1CN(c2ccc(Br)nc2)CCN1C. The number of halogens is 1. The number of pyridine rings is 1. The van der Waals surface area contributed by atoms with Crippen molar-refractivity contribution >= 4 is 21.6 Å². The summed E-state index contributed by atoms with van der Waals surface area (Å²) in [6, 6.07) is 4.73. The van der Waals surface area contributed by atoms with Crippen LogP contribution >= 0.6 is 15.9 Å². The van der Waals surface area contributed by atoms with Crippen molar-refractivity contribution in [3.05, 3.63) is 22.9 Å². The molecule has 0 N–H and O–H groups in total. The van der Waals surface area contributed by atoms with Gasteiger partial charge in [-0.05, 0) is 42.0 Å². The lowest BCUT2D eigenvalue weighted by Crippen LogP contribution is -2.50. The van der Waals surface area contributed by atoms with Crippen molar-refractivity contribution in [3.63, 3.8) is 0 Å². The van der Waals surface area contributed by atoms with Crippen molar-refractivity contribution < 1.29 is 0 Å². The molecule has 1 saturated heterocycles. The van der Waals surface area contributed by atoms with Gasteiger partial charge in [0.2, 0.25) is 0 Å². The third-order valence-electron chi connectivity index (χ3n) is 3.04. The Morgan fingerprint density at radius 2 is 2.20 bits per heavy atom. The van der Waals surface area contributed by atoms with Crippen LogP contribution in [0.4, 0.5) is 5.69 Å². The van der Waals surface area contributed by atoms with Crippen LogP contribution < -0.4 is 4.90 Å². The summed E-state index contributed by atoms with van der Waals surface area (Å²) in [6.07, 6.45) is 1.93. The lowest BCUT2D eigenvalue weighted by Gasteiger charge is -2.38. The molecule has 0 unspecified atom stereocenters. The average Bonchev–Trinajstić information content (AvgIpc) is 2.23. The molecule has 0 amide bonds. The summed E-state index contributed by atoms with van der Waals surface area (Å²) in [5.74, 6) is 0. The first-order valence-electron chi connectivity index (χ1n) is 5.23. The van der Waals surface area contributed by atoms with Crippen molar-refractivity contribution in [1.82, 2.24) is 9.88 Å². The van der Waals surface area contributed by atoms with Crippen molar-refractivity contribution in [1.29, 1.82) is 0 Å². The third-order valence-corrected chi connectivity index (χ3v) is 3.51. The zero-order valence-corrected chi connectivity index (χ0v) is 10.7. The first-order valence-corrected chi connectivity index (χ1v) is 6.03. The van der Waals surface area contributed by atoms with Crippen LogP contribution in [0.3, 0.4) is 0 Å². The van der Waals surface area contributed by atoms with E-state index in [1.807, 2.05) is 12.3 Å². The van der Waals surface area contributed by atoms with Crippen LogP contribution in [-0.2, 0) is 0 Å². The maximum atomic E-state index is 4.26. The van der Waals surface area contributed by atoms with Crippen LogP contribution in [0.15, 0.2) is 22.9 Å². The van der Waals surface area contributed by atoms with Crippen LogP contribution in [0, 0.1) is 0 Å². The molecule has 1 fully saturated rings. The van der Waals surface area contributed by atoms with Crippen molar-refractivity contribution in [2.24, 2.45) is 0 Å². The van der Waals surface area contributed by atoms with E-state index >= 15 is 0 Å². The molecule has 15 heavy (non-hydrogen) atoms. The fourth-order valence-corrected chi connectivity index (χ4v) is 2.07. The number of hydrogen-bond donors (Lipinski definition) is 0. The van der Waals surface area contributed by atoms with Gasteiger partial charge in [0.05, 0.1) is 11.9 Å². The number of aromatic nitrogens is 1. The standard InChI is InChI=1S/C11H16BrN3/c1-9-8-15(6-5-14(9)2)10-3-4-11(12)13-7-10/h3-4,7,9H,5-6,8H2,1-2H3/t9-/m0/s1. The van der Waals surface area contributed by atoms with Crippen LogP contribution in [0.1, 0.15) is 6.92 Å². The predicted octanol–water partition coefficient (Wildman–Crippen LogP) is 1.98. The molecule has 1 aliphatic rings. The first-order chi connectivity index (χ1) is 7.16. The first kappa shape index (κ1) is 10.9. The Bertz CT molecular complexity index is 325. The Hall–Kier alpha value is -0.610. The number of anilines is 1. The van der Waals surface area contributed by atoms with Crippen LogP contribution in [0.25, 0.3) is 0 Å². The van der Waals surface area contributed by atoms with Crippen LogP contribution in [0.5, 0.6) is 0 Å². The second-order valence-corrected chi connectivity index (χ2v) is 4.93. The fraction of sp³-hybridized carbons (Fsp3) is 0.545. The molecule has 2 heterocycles. The molecule has 1 aromatic heterocycles. The molecule has 1 atom stereocenters. The molecule has 0 bridgehead atoms. The Balaban J connectivity index is 2.08. The van der Waals surface area contributed by atoms with Gasteiger partial charge in [0.15, 0.2) is 0 Å². The number of likely N-dealkylation sites (N-methyl/N-ethyl adjacent to an activating group) is 1. The molecule has 0 spiro atoms. The van der Waals surface area contributed by atoms with Gasteiger partial charge in [-0.15, -0.1) is 0 Å². The Kier molecular flexibility index (Phi) is 3.26. The summed E-state index contributed by atoms with van der Waals surface area (Å²) in [5.41, 5.74) is 1.22. The molecule has 4 heteroatoms. The molecule has 0 radical (unpaired) electrons. The number of hydrogen-bond acceptors (Lipinski definition) is 3. The Morgan fingerprint density at radius 1 is 1.40 bits per heavy atom. The second kappa shape index (κ2) is 4.49. The summed E-state index contributed by atoms with van der Waals surface area (Å²) in [6.45, 7) is 5.56. The van der Waals surface area contributed by atoms with E-state index in [0.717, 1.165) is 24.2 Å². The van der Waals surface area contributed by atoms with E-state index in [1.165, 1.54) is 5.69 Å². The summed E-state index contributed by atoms with van der Waals surface area (Å²) >= 11 is 3.35. The molecule has 3 nitrogen and oxygen atoms in total. The maximum Gasteiger partial charge on any atom is 0.106 e. The zero-order valence-electron chi connectivity index (χ0n) is 9.15. The van der Waals surface area contributed by atoms with Gasteiger partial charge in [-0.25, -0.2) is 4.98 Å². The topological polar surface area (TPSA) is 19.4 Å². The molecule has 1 aliphatic heterocycles. The molecule has 0 saturated carbocycles. The number of piperazine rings is 1. The highest BCUT2D eigenvalue weighted by Crippen LogP contribution is 2.18. The average molecular weight is 270 g/mol. The highest BCUT2D eigenvalue weighted by Gasteiger charge is 2.20. The summed E-state index contributed by atoms with van der Waals surface area (Å²) in [4.78, 5) is 9.04. The minimum absolute atomic E-state index is 0.613. The van der Waals surface area contributed by atoms with E-state index in [4.69, 9.17) is 0 Å². The zero-order chi connectivity index (χ0) is 10.8. The molecule has 2 rings (SSSR count). The van der Waals surface area contributed by atoms with Crippen molar-refractivity contribution in [2.45, 2.75) is 13.0 Å². The molecule has 1 aromatic rings. The van der Waals surface area contributed by atoms with Crippen LogP contribution in [-0.4, -0.2) is 42.6 Å². The van der Waals surface area contributed by atoms with E-state index in [-0.39, 0.29) is 0 Å². The minimum atomic E-state index is 0.613. The van der Waals surface area contributed by atoms with Gasteiger partial charge < -0.3 is 9.80 Å². The number of nitrogens with zero attached hydrogens (tertiary/aromatic N) is 3. The van der Waals surface area contributed by atoms with E-state index in [9.17, 15) is 0 Å². The van der Waals surface area contributed by atoms with Gasteiger partial charge in [-0.2, -0.15) is 0 Å². The van der Waals surface area contributed by atoms with Crippen molar-refractivity contribution in [2.75, 3.05) is 31.6 Å². The van der Waals surface area contributed by atoms with Gasteiger partial charge in [0, 0.05) is 25.7 Å². The van der Waals surface area contributed by atoms with Gasteiger partial charge in [0.1, 0.15) is 4.60 Å². The largest absolute Gasteiger partial charge is 0.367 e. The number of rotatable bonds is 1. The minimum Gasteiger partial charge on any atom is -0.367 e. The lowest BCUT2D eigenvalue weighted by atomic mass is 10.2. The smallest absolute Gasteiger partial charge is 0.106 e. The highest BCUT2D eigenvalue weighted by atomic mass is 79.9. The van der Waals surface area contributed by atoms with Crippen LogP contribution in [0.2, 0.25) is 0 Å². The van der Waals surface area contributed by atoms with Gasteiger partial charge in [0.25, 0.3) is 0 Å². The molecular formula is C11H16BrN3. The van der Waals surface area contributed by atoms with E-state index in [0.29, 0.717) is 6.04 Å². The quantitative estimate of drug-likeness (QED) is 0.727. The van der Waals surface area contributed by atoms with Gasteiger partial charge in [-0.3, -0.25) is 0 Å². The fourth-order valence-electron chi connectivity index (χ4n) is 1.84.